The number of primary amides is 1. The number of nitrogens with zero attached hydrogens (tertiary/aromatic N) is 2. The van der Waals surface area contributed by atoms with Crippen LogP contribution in [0.25, 0.3) is 11.3 Å². The van der Waals surface area contributed by atoms with E-state index < -0.39 is 5.91 Å². The van der Waals surface area contributed by atoms with Gasteiger partial charge in [-0.3, -0.25) is 14.6 Å². The quantitative estimate of drug-likeness (QED) is 0.859. The number of carbonyl (C=O) groups is 2. The molecule has 1 aliphatic carbocycles. The van der Waals surface area contributed by atoms with Crippen LogP contribution in [0.1, 0.15) is 58.8 Å². The molecule has 0 bridgehead atoms. The number of nitrogens with two attached hydrogens (primary N) is 1. The highest BCUT2D eigenvalue weighted by Gasteiger charge is 2.34. The summed E-state index contributed by atoms with van der Waals surface area (Å²) in [4.78, 5) is 33.5. The number of pyridine rings is 1. The molecule has 0 saturated carbocycles. The summed E-state index contributed by atoms with van der Waals surface area (Å²) in [7, 11) is 0. The number of aromatic nitrogens is 2. The molecule has 0 radical (unpaired) electrons. The lowest BCUT2D eigenvalue weighted by molar-refractivity contribution is 0.0934. The van der Waals surface area contributed by atoms with Crippen molar-refractivity contribution in [3.63, 3.8) is 0 Å². The molecule has 0 saturated heterocycles. The maximum absolute atomic E-state index is 12.9. The van der Waals surface area contributed by atoms with Crippen molar-refractivity contribution in [3.8, 4) is 11.3 Å². The Balaban J connectivity index is 2.35. The predicted molar refractivity (Wildman–Crippen MR) is 84.0 cm³/mol. The summed E-state index contributed by atoms with van der Waals surface area (Å²) in [5.41, 5.74) is 8.25. The SMILES string of the molecule is Cc1nc2c(c(-c3cocn3)c1C(N)=O)C(=O)CC(C)(C)CC2. The van der Waals surface area contributed by atoms with Gasteiger partial charge in [-0.1, -0.05) is 13.8 Å². The number of hydrogen-bond acceptors (Lipinski definition) is 5. The average Bonchev–Trinajstić information content (AvgIpc) is 2.93. The summed E-state index contributed by atoms with van der Waals surface area (Å²) in [6.45, 7) is 5.85. The maximum Gasteiger partial charge on any atom is 0.251 e. The van der Waals surface area contributed by atoms with Crippen LogP contribution in [-0.4, -0.2) is 21.7 Å². The van der Waals surface area contributed by atoms with Gasteiger partial charge in [0.15, 0.2) is 12.2 Å². The standard InChI is InChI=1S/C17H19N3O3/c1-9-13(16(18)22)15(11-7-23-8-19-11)14-10(20-9)4-5-17(2,3)6-12(14)21/h7-8H,4-6H2,1-3H3,(H2,18,22). The number of fused-ring (bicyclic) bond motifs is 1. The van der Waals surface area contributed by atoms with Crippen molar-refractivity contribution < 1.29 is 14.0 Å². The second-order valence-corrected chi connectivity index (χ2v) is 6.77. The minimum atomic E-state index is -0.618. The van der Waals surface area contributed by atoms with Crippen LogP contribution in [0.5, 0.6) is 0 Å². The van der Waals surface area contributed by atoms with Gasteiger partial charge in [-0.2, -0.15) is 0 Å². The normalized spacial score (nSPS) is 16.7. The van der Waals surface area contributed by atoms with E-state index in [0.29, 0.717) is 41.1 Å². The molecule has 6 nitrogen and oxygen atoms in total. The van der Waals surface area contributed by atoms with E-state index in [2.05, 4.69) is 23.8 Å². The van der Waals surface area contributed by atoms with Gasteiger partial charge in [0.1, 0.15) is 12.0 Å². The molecule has 1 amide bonds. The molecular weight excluding hydrogens is 294 g/mol. The van der Waals surface area contributed by atoms with Crippen LogP contribution in [0.4, 0.5) is 0 Å². The summed E-state index contributed by atoms with van der Waals surface area (Å²) in [6.07, 6.45) is 4.62. The van der Waals surface area contributed by atoms with Crippen molar-refractivity contribution in [3.05, 3.63) is 35.2 Å². The average molecular weight is 313 g/mol. The molecule has 2 heterocycles. The van der Waals surface area contributed by atoms with E-state index in [1.54, 1.807) is 6.92 Å². The van der Waals surface area contributed by atoms with Gasteiger partial charge >= 0.3 is 0 Å². The summed E-state index contributed by atoms with van der Waals surface area (Å²) in [5, 5.41) is 0. The Morgan fingerprint density at radius 1 is 1.35 bits per heavy atom. The second kappa shape index (κ2) is 5.30. The van der Waals surface area contributed by atoms with E-state index in [1.165, 1.54) is 12.7 Å². The van der Waals surface area contributed by atoms with Gasteiger partial charge < -0.3 is 10.2 Å². The van der Waals surface area contributed by atoms with E-state index in [-0.39, 0.29) is 16.8 Å². The molecular formula is C17H19N3O3. The molecule has 0 fully saturated rings. The zero-order valence-corrected chi connectivity index (χ0v) is 13.5. The zero-order chi connectivity index (χ0) is 16.8. The Labute approximate surface area is 134 Å². The fourth-order valence-electron chi connectivity index (χ4n) is 3.21. The van der Waals surface area contributed by atoms with Gasteiger partial charge in [-0.05, 0) is 25.2 Å². The number of carbonyl (C=O) groups excluding carboxylic acids is 2. The summed E-state index contributed by atoms with van der Waals surface area (Å²) >= 11 is 0. The van der Waals surface area contributed by atoms with Crippen LogP contribution in [-0.2, 0) is 6.42 Å². The molecule has 0 aliphatic heterocycles. The molecule has 6 heteroatoms. The molecule has 1 aliphatic rings. The Morgan fingerprint density at radius 3 is 2.70 bits per heavy atom. The highest BCUT2D eigenvalue weighted by Crippen LogP contribution is 2.38. The lowest BCUT2D eigenvalue weighted by Gasteiger charge is -2.20. The molecule has 120 valence electrons. The first kappa shape index (κ1) is 15.4. The van der Waals surface area contributed by atoms with Gasteiger partial charge in [-0.25, -0.2) is 4.98 Å². The van der Waals surface area contributed by atoms with Crippen molar-refractivity contribution in [1.29, 1.82) is 0 Å². The third kappa shape index (κ3) is 2.65. The highest BCUT2D eigenvalue weighted by molar-refractivity contribution is 6.10. The molecule has 3 rings (SSSR count). The van der Waals surface area contributed by atoms with Gasteiger partial charge in [0, 0.05) is 17.5 Å². The van der Waals surface area contributed by atoms with Gasteiger partial charge in [-0.15, -0.1) is 0 Å². The van der Waals surface area contributed by atoms with Gasteiger partial charge in [0.2, 0.25) is 0 Å². The number of oxazole rings is 1. The Morgan fingerprint density at radius 2 is 2.09 bits per heavy atom. The topological polar surface area (TPSA) is 99.1 Å². The molecule has 0 unspecified atom stereocenters. The first-order valence-corrected chi connectivity index (χ1v) is 7.55. The number of amides is 1. The summed E-state index contributed by atoms with van der Waals surface area (Å²) in [6, 6.07) is 0. The molecule has 0 atom stereocenters. The van der Waals surface area contributed by atoms with Crippen molar-refractivity contribution >= 4 is 11.7 Å². The van der Waals surface area contributed by atoms with Crippen molar-refractivity contribution in [2.75, 3.05) is 0 Å². The van der Waals surface area contributed by atoms with E-state index in [9.17, 15) is 9.59 Å². The fraction of sp³-hybridized carbons (Fsp3) is 0.412. The monoisotopic (exact) mass is 313 g/mol. The largest absolute Gasteiger partial charge is 0.451 e. The predicted octanol–water partition coefficient (Wildman–Crippen LogP) is 2.69. The van der Waals surface area contributed by atoms with Crippen LogP contribution in [0, 0.1) is 12.3 Å². The van der Waals surface area contributed by atoms with Crippen molar-refractivity contribution in [2.45, 2.75) is 40.0 Å². The van der Waals surface area contributed by atoms with E-state index in [4.69, 9.17) is 10.2 Å². The summed E-state index contributed by atoms with van der Waals surface area (Å²) < 4.78 is 5.05. The van der Waals surface area contributed by atoms with Crippen LogP contribution < -0.4 is 5.73 Å². The third-order valence-corrected chi connectivity index (χ3v) is 4.34. The smallest absolute Gasteiger partial charge is 0.251 e. The molecule has 0 aromatic carbocycles. The Bertz CT molecular complexity index is 792. The number of Topliss-reactive ketones (excluding diaryl/α,β-unsaturated/α-hetero) is 1. The number of rotatable bonds is 2. The van der Waals surface area contributed by atoms with Crippen LogP contribution in [0.15, 0.2) is 17.1 Å². The van der Waals surface area contributed by atoms with Gasteiger partial charge in [0.05, 0.1) is 17.0 Å². The van der Waals surface area contributed by atoms with Gasteiger partial charge in [0.25, 0.3) is 5.91 Å². The maximum atomic E-state index is 12.9. The first-order valence-electron chi connectivity index (χ1n) is 7.55. The number of ketones is 1. The van der Waals surface area contributed by atoms with Crippen molar-refractivity contribution in [1.82, 2.24) is 9.97 Å². The summed E-state index contributed by atoms with van der Waals surface area (Å²) in [5.74, 6) is -0.650. The van der Waals surface area contributed by atoms with Crippen LogP contribution in [0.2, 0.25) is 0 Å². The second-order valence-electron chi connectivity index (χ2n) is 6.77. The minimum Gasteiger partial charge on any atom is -0.451 e. The lowest BCUT2D eigenvalue weighted by atomic mass is 9.84. The number of aryl methyl sites for hydroxylation is 2. The van der Waals surface area contributed by atoms with E-state index >= 15 is 0 Å². The number of hydrogen-bond donors (Lipinski definition) is 1. The van der Waals surface area contributed by atoms with Crippen LogP contribution in [0.3, 0.4) is 0 Å². The minimum absolute atomic E-state index is 0.0319. The molecule has 2 N–H and O–H groups in total. The molecule has 2 aromatic rings. The first-order chi connectivity index (χ1) is 10.8. The van der Waals surface area contributed by atoms with Crippen molar-refractivity contribution in [2.24, 2.45) is 11.1 Å². The Kier molecular flexibility index (Phi) is 3.55. The third-order valence-electron chi connectivity index (χ3n) is 4.34. The van der Waals surface area contributed by atoms with E-state index in [1.807, 2.05) is 0 Å². The molecule has 0 spiro atoms. The highest BCUT2D eigenvalue weighted by atomic mass is 16.3. The zero-order valence-electron chi connectivity index (χ0n) is 13.5. The van der Waals surface area contributed by atoms with E-state index in [0.717, 1.165) is 6.42 Å². The fourth-order valence-corrected chi connectivity index (χ4v) is 3.21. The Hall–Kier alpha value is -2.50. The van der Waals surface area contributed by atoms with Crippen LogP contribution >= 0.6 is 0 Å². The lowest BCUT2D eigenvalue weighted by Crippen LogP contribution is -2.20. The molecule has 2 aromatic heterocycles. The molecule has 23 heavy (non-hydrogen) atoms.